The summed E-state index contributed by atoms with van der Waals surface area (Å²) in [5.74, 6) is 0. The smallest absolute Gasteiger partial charge is 0.0643 e. The fourth-order valence-corrected chi connectivity index (χ4v) is 2.90. The van der Waals surface area contributed by atoms with Gasteiger partial charge in [0, 0.05) is 0 Å². The summed E-state index contributed by atoms with van der Waals surface area (Å²) in [7, 11) is 0. The van der Waals surface area contributed by atoms with E-state index in [9.17, 15) is 5.11 Å². The van der Waals surface area contributed by atoms with Gasteiger partial charge < -0.3 is 9.84 Å². The van der Waals surface area contributed by atoms with E-state index in [2.05, 4.69) is 31.2 Å². The van der Waals surface area contributed by atoms with Crippen LogP contribution >= 0.6 is 0 Å². The topological polar surface area (TPSA) is 29.5 Å². The first-order chi connectivity index (χ1) is 9.28. The summed E-state index contributed by atoms with van der Waals surface area (Å²) >= 11 is 0. The maximum absolute atomic E-state index is 10.0. The number of ether oxygens (including phenoxy) is 1. The van der Waals surface area contributed by atoms with E-state index in [1.54, 1.807) is 0 Å². The fourth-order valence-electron chi connectivity index (χ4n) is 2.90. The van der Waals surface area contributed by atoms with E-state index < -0.39 is 0 Å². The minimum atomic E-state index is -0.186. The molecule has 2 nitrogen and oxygen atoms in total. The first kappa shape index (κ1) is 14.5. The Balaban J connectivity index is 1.83. The van der Waals surface area contributed by atoms with Gasteiger partial charge in [-0.1, -0.05) is 56.5 Å². The van der Waals surface area contributed by atoms with Gasteiger partial charge in [0.1, 0.15) is 0 Å². The number of unbranched alkanes of at least 4 members (excludes halogenated alkanes) is 2. The zero-order valence-corrected chi connectivity index (χ0v) is 11.9. The van der Waals surface area contributed by atoms with Crippen LogP contribution < -0.4 is 0 Å². The molecule has 1 fully saturated rings. The minimum absolute atomic E-state index is 0.178. The number of aliphatic hydroxyl groups excluding tert-OH is 1. The van der Waals surface area contributed by atoms with E-state index in [0.29, 0.717) is 0 Å². The predicted octanol–water partition coefficient (Wildman–Crippen LogP) is 3.72. The molecule has 1 saturated heterocycles. The van der Waals surface area contributed by atoms with Crippen molar-refractivity contribution in [1.29, 1.82) is 0 Å². The van der Waals surface area contributed by atoms with Gasteiger partial charge in [-0.15, -0.1) is 0 Å². The molecule has 0 amide bonds. The number of hydrogen-bond acceptors (Lipinski definition) is 2. The van der Waals surface area contributed by atoms with E-state index in [1.165, 1.54) is 24.8 Å². The van der Waals surface area contributed by atoms with E-state index in [1.807, 2.05) is 6.07 Å². The Hall–Kier alpha value is -0.860. The van der Waals surface area contributed by atoms with Crippen LogP contribution in [0.4, 0.5) is 0 Å². The molecule has 1 aliphatic heterocycles. The Morgan fingerprint density at radius 3 is 2.58 bits per heavy atom. The van der Waals surface area contributed by atoms with Gasteiger partial charge >= 0.3 is 0 Å². The molecule has 3 atom stereocenters. The van der Waals surface area contributed by atoms with Gasteiger partial charge in [0.15, 0.2) is 0 Å². The summed E-state index contributed by atoms with van der Waals surface area (Å²) in [6, 6.07) is 10.4. The second kappa shape index (κ2) is 7.66. The molecule has 106 valence electrons. The molecule has 0 saturated carbocycles. The second-order valence-corrected chi connectivity index (χ2v) is 5.69. The monoisotopic (exact) mass is 262 g/mol. The first-order valence-electron chi connectivity index (χ1n) is 7.65. The molecule has 0 aromatic heterocycles. The number of hydrogen-bond donors (Lipinski definition) is 1. The molecule has 0 aliphatic carbocycles. The van der Waals surface area contributed by atoms with Crippen molar-refractivity contribution in [3.8, 4) is 0 Å². The van der Waals surface area contributed by atoms with E-state index in [4.69, 9.17) is 4.74 Å². The maximum atomic E-state index is 10.0. The highest BCUT2D eigenvalue weighted by atomic mass is 16.5. The summed E-state index contributed by atoms with van der Waals surface area (Å²) in [6.07, 6.45) is 7.57. The average Bonchev–Trinajstić information content (AvgIpc) is 2.39. The Bertz CT molecular complexity index is 350. The van der Waals surface area contributed by atoms with Crippen molar-refractivity contribution in [2.75, 3.05) is 0 Å². The Labute approximate surface area is 116 Å². The second-order valence-electron chi connectivity index (χ2n) is 5.69. The van der Waals surface area contributed by atoms with Crippen molar-refractivity contribution in [3.05, 3.63) is 35.9 Å². The van der Waals surface area contributed by atoms with Crippen molar-refractivity contribution in [1.82, 2.24) is 0 Å². The molecule has 0 radical (unpaired) electrons. The Morgan fingerprint density at radius 1 is 1.11 bits per heavy atom. The van der Waals surface area contributed by atoms with Crippen LogP contribution in [-0.2, 0) is 11.2 Å². The van der Waals surface area contributed by atoms with Crippen molar-refractivity contribution in [2.45, 2.75) is 70.2 Å². The Kier molecular flexibility index (Phi) is 5.87. The average molecular weight is 262 g/mol. The van der Waals surface area contributed by atoms with Crippen LogP contribution in [0.15, 0.2) is 30.3 Å². The summed E-state index contributed by atoms with van der Waals surface area (Å²) in [5, 5.41) is 10.0. The van der Waals surface area contributed by atoms with Gasteiger partial charge in [-0.3, -0.25) is 0 Å². The molecule has 1 aromatic rings. The van der Waals surface area contributed by atoms with Gasteiger partial charge in [0.25, 0.3) is 0 Å². The lowest BCUT2D eigenvalue weighted by atomic mass is 9.94. The highest BCUT2D eigenvalue weighted by Crippen LogP contribution is 2.25. The minimum Gasteiger partial charge on any atom is -0.393 e. The van der Waals surface area contributed by atoms with Crippen LogP contribution in [-0.4, -0.2) is 23.4 Å². The predicted molar refractivity (Wildman–Crippen MR) is 78.2 cm³/mol. The molecule has 0 unspecified atom stereocenters. The molecule has 1 aliphatic rings. The van der Waals surface area contributed by atoms with Crippen LogP contribution in [0.2, 0.25) is 0 Å². The molecule has 19 heavy (non-hydrogen) atoms. The number of aliphatic hydroxyl groups is 1. The van der Waals surface area contributed by atoms with Gasteiger partial charge in [0.2, 0.25) is 0 Å². The molecule has 0 spiro atoms. The first-order valence-corrected chi connectivity index (χ1v) is 7.65. The third kappa shape index (κ3) is 4.96. The van der Waals surface area contributed by atoms with Crippen LogP contribution in [0.3, 0.4) is 0 Å². The molecule has 1 N–H and O–H groups in total. The number of rotatable bonds is 6. The molecule has 1 heterocycles. The van der Waals surface area contributed by atoms with E-state index in [-0.39, 0.29) is 18.3 Å². The zero-order valence-electron chi connectivity index (χ0n) is 11.9. The van der Waals surface area contributed by atoms with Crippen LogP contribution in [0.1, 0.15) is 51.0 Å². The SMILES string of the molecule is CCCCC[C@H]1C[C@@H](O)C[C@@H](Cc2ccccc2)O1. The van der Waals surface area contributed by atoms with Crippen molar-refractivity contribution >= 4 is 0 Å². The van der Waals surface area contributed by atoms with Gasteiger partial charge in [-0.05, 0) is 31.2 Å². The highest BCUT2D eigenvalue weighted by Gasteiger charge is 2.27. The summed E-state index contributed by atoms with van der Waals surface area (Å²) < 4.78 is 6.15. The van der Waals surface area contributed by atoms with Gasteiger partial charge in [0.05, 0.1) is 18.3 Å². The standard InChI is InChI=1S/C17H26O2/c1-2-3-5-10-16-12-15(18)13-17(19-16)11-14-8-6-4-7-9-14/h4,6-9,15-18H,2-3,5,10-13H2,1H3/t15-,16+,17-/m1/s1. The van der Waals surface area contributed by atoms with E-state index >= 15 is 0 Å². The van der Waals surface area contributed by atoms with Gasteiger partial charge in [-0.25, -0.2) is 0 Å². The molecule has 1 aromatic carbocycles. The largest absolute Gasteiger partial charge is 0.393 e. The van der Waals surface area contributed by atoms with E-state index in [0.717, 1.165) is 25.7 Å². The van der Waals surface area contributed by atoms with Gasteiger partial charge in [-0.2, -0.15) is 0 Å². The molecular formula is C17H26O2. The quantitative estimate of drug-likeness (QED) is 0.792. The summed E-state index contributed by atoms with van der Waals surface area (Å²) in [6.45, 7) is 2.22. The highest BCUT2D eigenvalue weighted by molar-refractivity contribution is 5.15. The lowest BCUT2D eigenvalue weighted by molar-refractivity contribution is -0.0976. The molecule has 0 bridgehead atoms. The lowest BCUT2D eigenvalue weighted by Crippen LogP contribution is -2.36. The third-order valence-corrected chi connectivity index (χ3v) is 3.89. The zero-order chi connectivity index (χ0) is 13.5. The molecule has 2 rings (SSSR count). The van der Waals surface area contributed by atoms with Crippen molar-refractivity contribution < 1.29 is 9.84 Å². The molecule has 2 heteroatoms. The van der Waals surface area contributed by atoms with Crippen LogP contribution in [0.5, 0.6) is 0 Å². The van der Waals surface area contributed by atoms with Crippen LogP contribution in [0.25, 0.3) is 0 Å². The summed E-state index contributed by atoms with van der Waals surface area (Å²) in [4.78, 5) is 0. The fraction of sp³-hybridized carbons (Fsp3) is 0.647. The molecular weight excluding hydrogens is 236 g/mol. The number of benzene rings is 1. The Morgan fingerprint density at radius 2 is 1.84 bits per heavy atom. The normalized spacial score (nSPS) is 27.4. The van der Waals surface area contributed by atoms with Crippen molar-refractivity contribution in [3.63, 3.8) is 0 Å². The third-order valence-electron chi connectivity index (χ3n) is 3.89. The van der Waals surface area contributed by atoms with Crippen molar-refractivity contribution in [2.24, 2.45) is 0 Å². The lowest BCUT2D eigenvalue weighted by Gasteiger charge is -2.33. The van der Waals surface area contributed by atoms with Crippen LogP contribution in [0, 0.1) is 0 Å². The summed E-state index contributed by atoms with van der Waals surface area (Å²) in [5.41, 5.74) is 1.30. The maximum Gasteiger partial charge on any atom is 0.0643 e.